The lowest BCUT2D eigenvalue weighted by molar-refractivity contribution is 0.101. The van der Waals surface area contributed by atoms with E-state index in [2.05, 4.69) is 10.2 Å². The molecular weight excluding hydrogens is 321 g/mol. The number of benzene rings is 1. The summed E-state index contributed by atoms with van der Waals surface area (Å²) in [6.45, 7) is 3.25. The van der Waals surface area contributed by atoms with Crippen LogP contribution < -0.4 is 0 Å². The van der Waals surface area contributed by atoms with E-state index >= 15 is 0 Å². The van der Waals surface area contributed by atoms with Crippen LogP contribution in [0.3, 0.4) is 0 Å². The minimum atomic E-state index is -0.468. The second kappa shape index (κ2) is 6.32. The molecule has 0 saturated carbocycles. The molecule has 0 N–H and O–H groups in total. The number of nitrogens with zero attached hydrogens (tertiary/aromatic N) is 5. The standard InChI is InChI=1S/C18H16FN5O/c1-11-6-16(9-15-8-14(10-20)22-23(15)3)24(21-11)18-5-4-13(19)7-17(18)12(2)25/h4-8H,9H2,1-3H3. The lowest BCUT2D eigenvalue weighted by Crippen LogP contribution is -2.10. The molecule has 0 amide bonds. The van der Waals surface area contributed by atoms with Crippen molar-refractivity contribution in [2.24, 2.45) is 7.05 Å². The van der Waals surface area contributed by atoms with Crippen molar-refractivity contribution >= 4 is 5.78 Å². The number of carbonyl (C=O) groups is 1. The number of hydrogen-bond donors (Lipinski definition) is 0. The molecule has 2 heterocycles. The summed E-state index contributed by atoms with van der Waals surface area (Å²) in [6, 6.07) is 9.69. The van der Waals surface area contributed by atoms with Crippen LogP contribution in [0.4, 0.5) is 4.39 Å². The molecule has 0 fully saturated rings. The zero-order valence-corrected chi connectivity index (χ0v) is 14.1. The Kier molecular flexibility index (Phi) is 4.19. The molecule has 0 spiro atoms. The lowest BCUT2D eigenvalue weighted by Gasteiger charge is -2.11. The highest BCUT2D eigenvalue weighted by atomic mass is 19.1. The second-order valence-corrected chi connectivity index (χ2v) is 5.84. The van der Waals surface area contributed by atoms with Crippen molar-refractivity contribution in [2.45, 2.75) is 20.3 Å². The number of carbonyl (C=O) groups excluding carboxylic acids is 1. The maximum atomic E-state index is 13.5. The van der Waals surface area contributed by atoms with Crippen LogP contribution in [0.1, 0.15) is 40.1 Å². The van der Waals surface area contributed by atoms with E-state index in [0.29, 0.717) is 17.8 Å². The molecule has 2 aromatic heterocycles. The fraction of sp³-hybridized carbons (Fsp3) is 0.222. The molecule has 1 aromatic carbocycles. The maximum Gasteiger partial charge on any atom is 0.162 e. The molecule has 0 aliphatic heterocycles. The number of halogens is 1. The highest BCUT2D eigenvalue weighted by molar-refractivity contribution is 5.97. The van der Waals surface area contributed by atoms with Crippen molar-refractivity contribution < 1.29 is 9.18 Å². The van der Waals surface area contributed by atoms with Gasteiger partial charge in [-0.05, 0) is 44.2 Å². The van der Waals surface area contributed by atoms with Crippen LogP contribution in [0.25, 0.3) is 5.69 Å². The Hall–Kier alpha value is -3.27. The van der Waals surface area contributed by atoms with Crippen molar-refractivity contribution in [3.05, 3.63) is 64.5 Å². The van der Waals surface area contributed by atoms with Gasteiger partial charge in [0.2, 0.25) is 0 Å². The van der Waals surface area contributed by atoms with E-state index in [1.54, 1.807) is 28.5 Å². The summed E-state index contributed by atoms with van der Waals surface area (Å²) in [5, 5.41) is 17.6. The Bertz CT molecular complexity index is 1010. The Morgan fingerprint density at radius 2 is 2.00 bits per heavy atom. The van der Waals surface area contributed by atoms with Crippen LogP contribution in [0.2, 0.25) is 0 Å². The third-order valence-corrected chi connectivity index (χ3v) is 3.92. The molecule has 0 aliphatic rings. The summed E-state index contributed by atoms with van der Waals surface area (Å²) < 4.78 is 16.8. The number of Topliss-reactive ketones (excluding diaryl/α,β-unsaturated/α-hetero) is 1. The molecule has 25 heavy (non-hydrogen) atoms. The van der Waals surface area contributed by atoms with Crippen molar-refractivity contribution in [1.82, 2.24) is 19.6 Å². The maximum absolute atomic E-state index is 13.5. The zero-order chi connectivity index (χ0) is 18.1. The fourth-order valence-corrected chi connectivity index (χ4v) is 2.77. The smallest absolute Gasteiger partial charge is 0.162 e. The number of aromatic nitrogens is 4. The average molecular weight is 337 g/mol. The van der Waals surface area contributed by atoms with Crippen LogP contribution in [-0.4, -0.2) is 25.3 Å². The molecule has 0 aliphatic carbocycles. The molecule has 6 nitrogen and oxygen atoms in total. The zero-order valence-electron chi connectivity index (χ0n) is 14.1. The molecule has 3 aromatic rings. The number of ketones is 1. The molecule has 7 heteroatoms. The van der Waals surface area contributed by atoms with Gasteiger partial charge in [0.15, 0.2) is 11.5 Å². The van der Waals surface area contributed by atoms with Crippen LogP contribution >= 0.6 is 0 Å². The van der Waals surface area contributed by atoms with Gasteiger partial charge in [0.25, 0.3) is 0 Å². The van der Waals surface area contributed by atoms with Gasteiger partial charge in [-0.2, -0.15) is 15.5 Å². The first-order valence-electron chi connectivity index (χ1n) is 7.68. The van der Waals surface area contributed by atoms with Crippen LogP contribution in [0.5, 0.6) is 0 Å². The Labute approximate surface area is 144 Å². The molecule has 3 rings (SSSR count). The second-order valence-electron chi connectivity index (χ2n) is 5.84. The summed E-state index contributed by atoms with van der Waals surface area (Å²) in [5.74, 6) is -0.703. The number of rotatable bonds is 4. The Morgan fingerprint density at radius 3 is 2.64 bits per heavy atom. The fourth-order valence-electron chi connectivity index (χ4n) is 2.77. The van der Waals surface area contributed by atoms with E-state index in [-0.39, 0.29) is 11.3 Å². The number of hydrogen-bond acceptors (Lipinski definition) is 4. The highest BCUT2D eigenvalue weighted by Crippen LogP contribution is 2.21. The van der Waals surface area contributed by atoms with E-state index in [9.17, 15) is 9.18 Å². The molecule has 0 bridgehead atoms. The molecule has 0 unspecified atom stereocenters. The first kappa shape index (κ1) is 16.6. The van der Waals surface area contributed by atoms with E-state index < -0.39 is 5.82 Å². The summed E-state index contributed by atoms with van der Waals surface area (Å²) in [5.41, 5.74) is 3.57. The minimum Gasteiger partial charge on any atom is -0.294 e. The van der Waals surface area contributed by atoms with Gasteiger partial charge in [0.05, 0.1) is 17.1 Å². The van der Waals surface area contributed by atoms with Gasteiger partial charge in [-0.25, -0.2) is 9.07 Å². The largest absolute Gasteiger partial charge is 0.294 e. The van der Waals surface area contributed by atoms with E-state index in [4.69, 9.17) is 5.26 Å². The van der Waals surface area contributed by atoms with Gasteiger partial charge in [0.1, 0.15) is 11.9 Å². The normalized spacial score (nSPS) is 10.7. The van der Waals surface area contributed by atoms with E-state index in [1.807, 2.05) is 19.1 Å². The molecule has 0 saturated heterocycles. The van der Waals surface area contributed by atoms with Gasteiger partial charge in [0, 0.05) is 24.7 Å². The monoisotopic (exact) mass is 337 g/mol. The van der Waals surface area contributed by atoms with Crippen molar-refractivity contribution in [2.75, 3.05) is 0 Å². The summed E-state index contributed by atoms with van der Waals surface area (Å²) in [7, 11) is 1.77. The minimum absolute atomic E-state index is 0.235. The SMILES string of the molecule is CC(=O)c1cc(F)ccc1-n1nc(C)cc1Cc1cc(C#N)nn1C. The van der Waals surface area contributed by atoms with Gasteiger partial charge in [-0.15, -0.1) is 0 Å². The van der Waals surface area contributed by atoms with Crippen LogP contribution in [0, 0.1) is 24.1 Å². The topological polar surface area (TPSA) is 76.5 Å². The Balaban J connectivity index is 2.10. The molecule has 0 atom stereocenters. The average Bonchev–Trinajstić information content (AvgIpc) is 3.10. The first-order valence-corrected chi connectivity index (χ1v) is 7.68. The predicted molar refractivity (Wildman–Crippen MR) is 89.0 cm³/mol. The predicted octanol–water partition coefficient (Wildman–Crippen LogP) is 2.72. The van der Waals surface area contributed by atoms with Crippen molar-refractivity contribution in [1.29, 1.82) is 5.26 Å². The summed E-state index contributed by atoms with van der Waals surface area (Å²) in [6.07, 6.45) is 0.473. The molecular formula is C18H16FN5O. The van der Waals surface area contributed by atoms with Gasteiger partial charge in [-0.3, -0.25) is 9.48 Å². The lowest BCUT2D eigenvalue weighted by atomic mass is 10.1. The highest BCUT2D eigenvalue weighted by Gasteiger charge is 2.16. The third kappa shape index (κ3) is 3.19. The van der Waals surface area contributed by atoms with Crippen LogP contribution in [-0.2, 0) is 13.5 Å². The summed E-state index contributed by atoms with van der Waals surface area (Å²) in [4.78, 5) is 11.9. The number of aryl methyl sites for hydroxylation is 2. The van der Waals surface area contributed by atoms with Gasteiger partial charge < -0.3 is 0 Å². The van der Waals surface area contributed by atoms with Crippen molar-refractivity contribution in [3.63, 3.8) is 0 Å². The van der Waals surface area contributed by atoms with Crippen LogP contribution in [0.15, 0.2) is 30.3 Å². The molecule has 126 valence electrons. The van der Waals surface area contributed by atoms with E-state index in [0.717, 1.165) is 17.1 Å². The Morgan fingerprint density at radius 1 is 1.24 bits per heavy atom. The number of nitriles is 1. The van der Waals surface area contributed by atoms with E-state index in [1.165, 1.54) is 19.1 Å². The van der Waals surface area contributed by atoms with Crippen molar-refractivity contribution in [3.8, 4) is 11.8 Å². The van der Waals surface area contributed by atoms with Gasteiger partial charge in [-0.1, -0.05) is 0 Å². The van der Waals surface area contributed by atoms with Gasteiger partial charge >= 0.3 is 0 Å². The summed E-state index contributed by atoms with van der Waals surface area (Å²) >= 11 is 0. The first-order chi connectivity index (χ1) is 11.9. The third-order valence-electron chi connectivity index (χ3n) is 3.92. The quantitative estimate of drug-likeness (QED) is 0.686. The molecule has 0 radical (unpaired) electrons.